The first-order chi connectivity index (χ1) is 13.3. The van der Waals surface area contributed by atoms with E-state index >= 15 is 0 Å². The molecule has 0 aliphatic heterocycles. The lowest BCUT2D eigenvalue weighted by atomic mass is 10.1. The molecule has 1 aromatic carbocycles. The van der Waals surface area contributed by atoms with E-state index in [9.17, 15) is 23.3 Å². The summed E-state index contributed by atoms with van der Waals surface area (Å²) in [6.07, 6.45) is 0.269. The fourth-order valence-electron chi connectivity index (χ4n) is 2.04. The van der Waals surface area contributed by atoms with E-state index in [4.69, 9.17) is 25.8 Å². The van der Waals surface area contributed by atoms with Crippen LogP contribution in [0.25, 0.3) is 0 Å². The largest absolute Gasteiger partial charge is 0.493 e. The number of amides is 1. The number of carbonyl (C=O) groups excluding carboxylic acids is 1. The number of rotatable bonds is 13. The minimum Gasteiger partial charge on any atom is -0.493 e. The number of nitro benzene ring substituents is 1. The Balaban J connectivity index is 2.84. The summed E-state index contributed by atoms with van der Waals surface area (Å²) in [6.45, 7) is 0.572. The number of nitrogens with one attached hydrogen (secondary N) is 2. The van der Waals surface area contributed by atoms with E-state index in [1.165, 1.54) is 20.3 Å². The molecule has 158 valence electrons. The van der Waals surface area contributed by atoms with Gasteiger partial charge in [0.2, 0.25) is 10.0 Å². The van der Waals surface area contributed by atoms with Crippen LogP contribution in [0, 0.1) is 10.1 Å². The van der Waals surface area contributed by atoms with Crippen LogP contribution in [0.4, 0.5) is 5.69 Å². The number of carbonyl (C=O) groups is 1. The van der Waals surface area contributed by atoms with E-state index in [2.05, 4.69) is 10.0 Å². The zero-order valence-corrected chi connectivity index (χ0v) is 17.0. The van der Waals surface area contributed by atoms with Gasteiger partial charge in [-0.3, -0.25) is 14.9 Å². The van der Waals surface area contributed by atoms with Gasteiger partial charge in [0, 0.05) is 26.3 Å². The summed E-state index contributed by atoms with van der Waals surface area (Å²) in [7, 11) is -0.714. The molecule has 0 radical (unpaired) electrons. The van der Waals surface area contributed by atoms with Crippen LogP contribution in [0.15, 0.2) is 12.1 Å². The molecule has 1 rings (SSSR count). The fraction of sp³-hybridized carbons (Fsp3) is 0.533. The summed E-state index contributed by atoms with van der Waals surface area (Å²) in [4.78, 5) is 23.0. The lowest BCUT2D eigenvalue weighted by Gasteiger charge is -2.13. The molecule has 0 aromatic heterocycles. The van der Waals surface area contributed by atoms with Crippen molar-refractivity contribution in [2.24, 2.45) is 0 Å². The molecule has 0 unspecified atom stereocenters. The second-order valence-corrected chi connectivity index (χ2v) is 7.74. The van der Waals surface area contributed by atoms with Gasteiger partial charge in [0.05, 0.1) is 24.7 Å². The molecule has 11 nitrogen and oxygen atoms in total. The van der Waals surface area contributed by atoms with Crippen LogP contribution in [0.2, 0.25) is 0 Å². The third-order valence-electron chi connectivity index (χ3n) is 3.37. The van der Waals surface area contributed by atoms with Gasteiger partial charge in [-0.2, -0.15) is 0 Å². The predicted octanol–water partition coefficient (Wildman–Crippen LogP) is 0.864. The maximum Gasteiger partial charge on any atom is 0.286 e. The maximum atomic E-state index is 12.3. The second kappa shape index (κ2) is 11.6. The standard InChI is InChI=1S/C15H22ClN3O8S/c1-25-6-7-27-14-9-12(19(21)22)11(8-13(14)26-2)15(20)17-4-3-5-18-28(23,24)10-16/h8-9,18H,3-7,10H2,1-2H3,(H,17,20). The number of nitrogens with zero attached hydrogens (tertiary/aromatic N) is 1. The average Bonchev–Trinajstić information content (AvgIpc) is 2.67. The highest BCUT2D eigenvalue weighted by molar-refractivity contribution is 7.90. The van der Waals surface area contributed by atoms with Gasteiger partial charge in [-0.1, -0.05) is 0 Å². The Morgan fingerprint density at radius 1 is 1.21 bits per heavy atom. The molecule has 0 aliphatic rings. The van der Waals surface area contributed by atoms with E-state index in [-0.39, 0.29) is 49.8 Å². The summed E-state index contributed by atoms with van der Waals surface area (Å²) in [5, 5.41) is 13.3. The van der Waals surface area contributed by atoms with Crippen molar-refractivity contribution in [2.75, 3.05) is 45.7 Å². The first-order valence-corrected chi connectivity index (χ1v) is 10.2. The molecule has 0 heterocycles. The molecule has 0 bridgehead atoms. The van der Waals surface area contributed by atoms with Crippen molar-refractivity contribution in [1.82, 2.24) is 10.0 Å². The van der Waals surface area contributed by atoms with Gasteiger partial charge in [0.25, 0.3) is 11.6 Å². The normalized spacial score (nSPS) is 11.1. The SMILES string of the molecule is COCCOc1cc([N+](=O)[O-])c(C(=O)NCCCNS(=O)(=O)CCl)cc1OC. The van der Waals surface area contributed by atoms with Crippen molar-refractivity contribution in [3.05, 3.63) is 27.8 Å². The van der Waals surface area contributed by atoms with Gasteiger partial charge in [-0.25, -0.2) is 13.1 Å². The summed E-state index contributed by atoms with van der Waals surface area (Å²) < 4.78 is 40.0. The molecule has 0 fully saturated rings. The lowest BCUT2D eigenvalue weighted by molar-refractivity contribution is -0.385. The van der Waals surface area contributed by atoms with Crippen LogP contribution in [0.1, 0.15) is 16.8 Å². The Labute approximate surface area is 167 Å². The van der Waals surface area contributed by atoms with Crippen LogP contribution < -0.4 is 19.5 Å². The van der Waals surface area contributed by atoms with E-state index in [0.29, 0.717) is 0 Å². The summed E-state index contributed by atoms with van der Waals surface area (Å²) in [5.41, 5.74) is -0.657. The Morgan fingerprint density at radius 2 is 1.93 bits per heavy atom. The monoisotopic (exact) mass is 439 g/mol. The van der Waals surface area contributed by atoms with Crippen molar-refractivity contribution in [2.45, 2.75) is 6.42 Å². The lowest BCUT2D eigenvalue weighted by Crippen LogP contribution is -2.30. The molecule has 0 aliphatic carbocycles. The number of hydrogen-bond acceptors (Lipinski definition) is 8. The van der Waals surface area contributed by atoms with Crippen LogP contribution >= 0.6 is 11.6 Å². The average molecular weight is 440 g/mol. The third kappa shape index (κ3) is 7.46. The Bertz CT molecular complexity index is 788. The van der Waals surface area contributed by atoms with Crippen LogP contribution in [-0.2, 0) is 14.8 Å². The van der Waals surface area contributed by atoms with E-state index in [0.717, 1.165) is 6.07 Å². The zero-order chi connectivity index (χ0) is 21.2. The highest BCUT2D eigenvalue weighted by Crippen LogP contribution is 2.34. The molecule has 28 heavy (non-hydrogen) atoms. The topological polar surface area (TPSA) is 146 Å². The van der Waals surface area contributed by atoms with Crippen molar-refractivity contribution in [3.63, 3.8) is 0 Å². The molecule has 1 amide bonds. The molecule has 0 spiro atoms. The summed E-state index contributed by atoms with van der Waals surface area (Å²) >= 11 is 5.25. The van der Waals surface area contributed by atoms with E-state index in [1.54, 1.807) is 0 Å². The van der Waals surface area contributed by atoms with Gasteiger partial charge in [-0.05, 0) is 6.42 Å². The fourth-order valence-corrected chi connectivity index (χ4v) is 2.81. The third-order valence-corrected chi connectivity index (χ3v) is 5.17. The highest BCUT2D eigenvalue weighted by Gasteiger charge is 2.24. The first-order valence-electron chi connectivity index (χ1n) is 8.05. The second-order valence-electron chi connectivity index (χ2n) is 5.35. The van der Waals surface area contributed by atoms with Crippen LogP contribution in [0.3, 0.4) is 0 Å². The number of sulfonamides is 1. The Kier molecular flexibility index (Phi) is 9.93. The smallest absolute Gasteiger partial charge is 0.286 e. The number of halogens is 1. The number of methoxy groups -OCH3 is 2. The molecule has 0 saturated carbocycles. The number of ether oxygens (including phenoxy) is 3. The van der Waals surface area contributed by atoms with E-state index in [1.807, 2.05) is 0 Å². The van der Waals surface area contributed by atoms with Gasteiger partial charge in [0.15, 0.2) is 11.5 Å². The molecule has 2 N–H and O–H groups in total. The van der Waals surface area contributed by atoms with Crippen molar-refractivity contribution >= 4 is 33.2 Å². The molecule has 1 aromatic rings. The Morgan fingerprint density at radius 3 is 2.50 bits per heavy atom. The van der Waals surface area contributed by atoms with Crippen molar-refractivity contribution < 1.29 is 32.3 Å². The first kappa shape index (κ1) is 23.9. The quantitative estimate of drug-likeness (QED) is 0.199. The minimum atomic E-state index is -3.54. The molecular weight excluding hydrogens is 418 g/mol. The Hall–Kier alpha value is -2.15. The van der Waals surface area contributed by atoms with Gasteiger partial charge in [-0.15, -0.1) is 11.6 Å². The maximum absolute atomic E-state index is 12.3. The number of hydrogen-bond donors (Lipinski definition) is 2. The highest BCUT2D eigenvalue weighted by atomic mass is 35.5. The summed E-state index contributed by atoms with van der Waals surface area (Å²) in [6, 6.07) is 2.32. The van der Waals surface area contributed by atoms with E-state index < -0.39 is 31.8 Å². The van der Waals surface area contributed by atoms with Gasteiger partial charge in [0.1, 0.15) is 17.4 Å². The zero-order valence-electron chi connectivity index (χ0n) is 15.4. The van der Waals surface area contributed by atoms with Crippen LogP contribution in [-0.4, -0.2) is 65.0 Å². The van der Waals surface area contributed by atoms with Crippen molar-refractivity contribution in [1.29, 1.82) is 0 Å². The minimum absolute atomic E-state index is 0.0625. The number of nitro groups is 1. The summed E-state index contributed by atoms with van der Waals surface area (Å²) in [5.74, 6) is -0.436. The van der Waals surface area contributed by atoms with Gasteiger partial charge < -0.3 is 19.5 Å². The number of alkyl halides is 1. The predicted molar refractivity (Wildman–Crippen MR) is 102 cm³/mol. The van der Waals surface area contributed by atoms with Gasteiger partial charge >= 0.3 is 0 Å². The van der Waals surface area contributed by atoms with Crippen molar-refractivity contribution in [3.8, 4) is 11.5 Å². The van der Waals surface area contributed by atoms with Crippen LogP contribution in [0.5, 0.6) is 11.5 Å². The molecule has 0 atom stereocenters. The molecule has 13 heteroatoms. The molecular formula is C15H22ClN3O8S. The molecule has 0 saturated heterocycles. The number of benzene rings is 1.